The molecule has 0 aliphatic heterocycles. The topological polar surface area (TPSA) is 98.0 Å². The van der Waals surface area contributed by atoms with E-state index in [1.165, 1.54) is 11.3 Å². The number of ether oxygens (including phenoxy) is 2. The van der Waals surface area contributed by atoms with Crippen LogP contribution >= 0.6 is 11.3 Å². The van der Waals surface area contributed by atoms with Gasteiger partial charge in [0.25, 0.3) is 0 Å². The lowest BCUT2D eigenvalue weighted by atomic mass is 10.1. The van der Waals surface area contributed by atoms with Gasteiger partial charge in [-0.05, 0) is 24.4 Å². The zero-order chi connectivity index (χ0) is 18.4. The standard InChI is InChI=1S/C18H14N4O3S/c1-2-24-17(23)11-25-18-13(9-19)12(16-4-3-7-26-16)8-14(22-18)15-10-20-5-6-21-15/h3-8,10H,2,11H2,1H3. The second kappa shape index (κ2) is 8.18. The highest BCUT2D eigenvalue weighted by Crippen LogP contribution is 2.35. The van der Waals surface area contributed by atoms with Crippen LogP contribution in [-0.2, 0) is 9.53 Å². The Morgan fingerprint density at radius 2 is 2.23 bits per heavy atom. The summed E-state index contributed by atoms with van der Waals surface area (Å²) < 4.78 is 10.4. The van der Waals surface area contributed by atoms with E-state index in [1.54, 1.807) is 31.6 Å². The summed E-state index contributed by atoms with van der Waals surface area (Å²) in [6.07, 6.45) is 4.69. The summed E-state index contributed by atoms with van der Waals surface area (Å²) in [5.74, 6) is -0.465. The molecule has 3 rings (SSSR count). The average Bonchev–Trinajstić information content (AvgIpc) is 3.21. The van der Waals surface area contributed by atoms with Crippen LogP contribution in [0.3, 0.4) is 0 Å². The molecule has 0 fully saturated rings. The fourth-order valence-electron chi connectivity index (χ4n) is 2.25. The van der Waals surface area contributed by atoms with Gasteiger partial charge < -0.3 is 9.47 Å². The second-order valence-corrected chi connectivity index (χ2v) is 5.96. The molecule has 0 amide bonds. The first kappa shape index (κ1) is 17.5. The van der Waals surface area contributed by atoms with Crippen molar-refractivity contribution in [1.29, 1.82) is 5.26 Å². The number of nitriles is 1. The molecule has 0 atom stereocenters. The maximum Gasteiger partial charge on any atom is 0.344 e. The van der Waals surface area contributed by atoms with Crippen molar-refractivity contribution in [2.45, 2.75) is 6.92 Å². The molecule has 0 saturated carbocycles. The number of carbonyl (C=O) groups is 1. The molecule has 0 bridgehead atoms. The molecule has 0 saturated heterocycles. The van der Waals surface area contributed by atoms with Crippen LogP contribution in [-0.4, -0.2) is 34.1 Å². The molecule has 26 heavy (non-hydrogen) atoms. The normalized spacial score (nSPS) is 10.2. The molecule has 0 aliphatic carbocycles. The van der Waals surface area contributed by atoms with Crippen LogP contribution in [0.25, 0.3) is 21.8 Å². The lowest BCUT2D eigenvalue weighted by molar-refractivity contribution is -0.145. The van der Waals surface area contributed by atoms with Crippen LogP contribution in [0.1, 0.15) is 12.5 Å². The Bertz CT molecular complexity index is 937. The van der Waals surface area contributed by atoms with E-state index in [2.05, 4.69) is 21.0 Å². The van der Waals surface area contributed by atoms with Crippen molar-refractivity contribution < 1.29 is 14.3 Å². The Balaban J connectivity index is 2.07. The molecule has 3 heterocycles. The van der Waals surface area contributed by atoms with Gasteiger partial charge >= 0.3 is 5.97 Å². The maximum atomic E-state index is 11.6. The number of carbonyl (C=O) groups excluding carboxylic acids is 1. The third kappa shape index (κ3) is 3.84. The van der Waals surface area contributed by atoms with Gasteiger partial charge in [-0.25, -0.2) is 9.78 Å². The molecule has 0 unspecified atom stereocenters. The number of nitrogens with zero attached hydrogens (tertiary/aromatic N) is 4. The Labute approximate surface area is 153 Å². The minimum absolute atomic E-state index is 0.0621. The van der Waals surface area contributed by atoms with Crippen molar-refractivity contribution in [2.75, 3.05) is 13.2 Å². The SMILES string of the molecule is CCOC(=O)COc1nc(-c2cnccn2)cc(-c2cccs2)c1C#N. The summed E-state index contributed by atoms with van der Waals surface area (Å²) in [5.41, 5.74) is 1.96. The van der Waals surface area contributed by atoms with Gasteiger partial charge in [0.2, 0.25) is 5.88 Å². The van der Waals surface area contributed by atoms with Crippen LogP contribution in [0.5, 0.6) is 5.88 Å². The summed E-state index contributed by atoms with van der Waals surface area (Å²) in [6.45, 7) is 1.63. The molecule has 0 aromatic carbocycles. The van der Waals surface area contributed by atoms with E-state index in [9.17, 15) is 10.1 Å². The number of thiophene rings is 1. The first-order valence-electron chi connectivity index (χ1n) is 7.76. The Hall–Kier alpha value is -3.31. The van der Waals surface area contributed by atoms with Crippen molar-refractivity contribution in [3.05, 3.63) is 47.7 Å². The van der Waals surface area contributed by atoms with Crippen molar-refractivity contribution in [1.82, 2.24) is 15.0 Å². The van der Waals surface area contributed by atoms with Crippen molar-refractivity contribution >= 4 is 17.3 Å². The van der Waals surface area contributed by atoms with E-state index in [0.717, 1.165) is 4.88 Å². The molecule has 0 aliphatic rings. The predicted octanol–water partition coefficient (Wildman–Crippen LogP) is 3.08. The van der Waals surface area contributed by atoms with Crippen LogP contribution in [0.4, 0.5) is 0 Å². The smallest absolute Gasteiger partial charge is 0.344 e. The Kier molecular flexibility index (Phi) is 5.51. The molecule has 8 heteroatoms. The lowest BCUT2D eigenvalue weighted by Crippen LogP contribution is -2.16. The molecular formula is C18H14N4O3S. The molecule has 3 aromatic rings. The largest absolute Gasteiger partial charge is 0.465 e. The zero-order valence-electron chi connectivity index (χ0n) is 13.9. The molecule has 3 aromatic heterocycles. The highest BCUT2D eigenvalue weighted by atomic mass is 32.1. The van der Waals surface area contributed by atoms with Gasteiger partial charge in [0.1, 0.15) is 17.3 Å². The second-order valence-electron chi connectivity index (χ2n) is 5.01. The fourth-order valence-corrected chi connectivity index (χ4v) is 3.00. The molecule has 0 spiro atoms. The highest BCUT2D eigenvalue weighted by Gasteiger charge is 2.18. The first-order chi connectivity index (χ1) is 12.7. The van der Waals surface area contributed by atoms with Gasteiger partial charge in [0.15, 0.2) is 6.61 Å². The zero-order valence-corrected chi connectivity index (χ0v) is 14.7. The lowest BCUT2D eigenvalue weighted by Gasteiger charge is -2.11. The number of hydrogen-bond donors (Lipinski definition) is 0. The maximum absolute atomic E-state index is 11.6. The fraction of sp³-hybridized carbons (Fsp3) is 0.167. The third-order valence-electron chi connectivity index (χ3n) is 3.34. The number of pyridine rings is 1. The van der Waals surface area contributed by atoms with Gasteiger partial charge in [-0.2, -0.15) is 5.26 Å². The Morgan fingerprint density at radius 1 is 1.35 bits per heavy atom. The Morgan fingerprint density at radius 3 is 2.88 bits per heavy atom. The summed E-state index contributed by atoms with van der Waals surface area (Å²) in [6, 6.07) is 7.68. The summed E-state index contributed by atoms with van der Waals surface area (Å²) in [4.78, 5) is 25.1. The summed E-state index contributed by atoms with van der Waals surface area (Å²) in [7, 11) is 0. The number of aromatic nitrogens is 3. The summed E-state index contributed by atoms with van der Waals surface area (Å²) >= 11 is 1.49. The van der Waals surface area contributed by atoms with Crippen LogP contribution in [0, 0.1) is 11.3 Å². The molecule has 130 valence electrons. The quantitative estimate of drug-likeness (QED) is 0.618. The van der Waals surface area contributed by atoms with E-state index >= 15 is 0 Å². The molecular weight excluding hydrogens is 352 g/mol. The third-order valence-corrected chi connectivity index (χ3v) is 4.25. The van der Waals surface area contributed by atoms with E-state index < -0.39 is 5.97 Å². The van der Waals surface area contributed by atoms with Crippen LogP contribution in [0.15, 0.2) is 42.2 Å². The number of rotatable bonds is 6. The van der Waals surface area contributed by atoms with E-state index in [4.69, 9.17) is 9.47 Å². The van der Waals surface area contributed by atoms with Gasteiger partial charge in [0.05, 0.1) is 18.5 Å². The average molecular weight is 366 g/mol. The predicted molar refractivity (Wildman–Crippen MR) is 95.4 cm³/mol. The molecule has 0 N–H and O–H groups in total. The minimum Gasteiger partial charge on any atom is -0.465 e. The van der Waals surface area contributed by atoms with Gasteiger partial charge in [-0.1, -0.05) is 6.07 Å². The number of esters is 1. The van der Waals surface area contributed by atoms with Gasteiger partial charge in [0, 0.05) is 22.8 Å². The monoisotopic (exact) mass is 366 g/mol. The molecule has 7 nitrogen and oxygen atoms in total. The van der Waals surface area contributed by atoms with Crippen LogP contribution < -0.4 is 4.74 Å². The summed E-state index contributed by atoms with van der Waals surface area (Å²) in [5, 5.41) is 11.5. The van der Waals surface area contributed by atoms with Gasteiger partial charge in [-0.15, -0.1) is 11.3 Å². The van der Waals surface area contributed by atoms with E-state index in [-0.39, 0.29) is 24.7 Å². The van der Waals surface area contributed by atoms with E-state index in [1.807, 2.05) is 17.5 Å². The minimum atomic E-state index is -0.527. The van der Waals surface area contributed by atoms with E-state index in [0.29, 0.717) is 17.0 Å². The highest BCUT2D eigenvalue weighted by molar-refractivity contribution is 7.13. The first-order valence-corrected chi connectivity index (χ1v) is 8.64. The van der Waals surface area contributed by atoms with Crippen molar-refractivity contribution in [3.8, 4) is 33.8 Å². The molecule has 0 radical (unpaired) electrons. The number of hydrogen-bond acceptors (Lipinski definition) is 8. The van der Waals surface area contributed by atoms with Crippen molar-refractivity contribution in [3.63, 3.8) is 0 Å². The van der Waals surface area contributed by atoms with Crippen LogP contribution in [0.2, 0.25) is 0 Å². The van der Waals surface area contributed by atoms with Crippen molar-refractivity contribution in [2.24, 2.45) is 0 Å². The van der Waals surface area contributed by atoms with Gasteiger partial charge in [-0.3, -0.25) is 9.97 Å².